The Hall–Kier alpha value is -4.86. The van der Waals surface area contributed by atoms with Gasteiger partial charge in [0.15, 0.2) is 0 Å². The van der Waals surface area contributed by atoms with Crippen LogP contribution in [0, 0.1) is 0 Å². The van der Waals surface area contributed by atoms with Gasteiger partial charge in [-0.25, -0.2) is 8.78 Å². The number of hydrogen-bond acceptors (Lipinski definition) is 4. The number of likely N-dealkylation sites (tertiary alicyclic amines) is 1. The van der Waals surface area contributed by atoms with E-state index < -0.39 is 24.2 Å². The normalized spacial score (nSPS) is 16.8. The predicted octanol–water partition coefficient (Wildman–Crippen LogP) is 7.65. The number of piperidine rings is 1. The molecule has 10 heteroatoms. The number of benzene rings is 4. The van der Waals surface area contributed by atoms with E-state index in [9.17, 15) is 14.4 Å². The molecule has 254 valence electrons. The van der Waals surface area contributed by atoms with Gasteiger partial charge in [-0.2, -0.15) is 0 Å². The number of para-hydroxylation sites is 1. The molecule has 6 rings (SSSR count). The van der Waals surface area contributed by atoms with Crippen LogP contribution in [0.4, 0.5) is 20.2 Å². The number of hydrogen-bond donors (Lipinski definition) is 1. The van der Waals surface area contributed by atoms with Crippen LogP contribution in [0.1, 0.15) is 45.5 Å². The molecule has 3 amide bonds. The van der Waals surface area contributed by atoms with Crippen molar-refractivity contribution >= 4 is 47.1 Å². The molecule has 0 aromatic heterocycles. The minimum Gasteiger partial charge on any atom is -0.339 e. The average Bonchev–Trinajstić information content (AvgIpc) is 3.22. The summed E-state index contributed by atoms with van der Waals surface area (Å²) < 4.78 is 31.5. The molecule has 4 aromatic rings. The second-order valence-corrected chi connectivity index (χ2v) is 12.4. The lowest BCUT2D eigenvalue weighted by atomic mass is 9.96. The van der Waals surface area contributed by atoms with Gasteiger partial charge in [0, 0.05) is 66.1 Å². The second kappa shape index (κ2) is 15.1. The van der Waals surface area contributed by atoms with Crippen LogP contribution in [0.5, 0.6) is 0 Å². The Labute approximate surface area is 291 Å². The Kier molecular flexibility index (Phi) is 11.0. The van der Waals surface area contributed by atoms with Crippen molar-refractivity contribution in [3.8, 4) is 11.1 Å². The standard InChI is InChI=1S/C39H38F2N4O3.ClH/c1-43(2)30-20-23-44(24-21-30)36(46)26-34-33-14-8-9-15-35(33)45(25-22-39(34,40)41)38(48)28-16-18-29(19-17-28)42-37(47)32-13-7-6-12-31(32)27-10-4-3-5-11-27;/h3-19,26,30H,20-25H2,1-2H3,(H,42,47);1H/b34-26-;. The molecule has 49 heavy (non-hydrogen) atoms. The molecule has 0 spiro atoms. The van der Waals surface area contributed by atoms with Crippen LogP contribution in [0.25, 0.3) is 16.7 Å². The Morgan fingerprint density at radius 3 is 2.08 bits per heavy atom. The van der Waals surface area contributed by atoms with Gasteiger partial charge in [-0.05, 0) is 74.5 Å². The van der Waals surface area contributed by atoms with E-state index in [1.54, 1.807) is 59.5 Å². The highest BCUT2D eigenvalue weighted by molar-refractivity contribution is 6.11. The van der Waals surface area contributed by atoms with Crippen LogP contribution >= 0.6 is 12.4 Å². The van der Waals surface area contributed by atoms with Crippen molar-refractivity contribution in [1.82, 2.24) is 9.80 Å². The third-order valence-electron chi connectivity index (χ3n) is 9.19. The summed E-state index contributed by atoms with van der Waals surface area (Å²) in [5.74, 6) is -4.52. The predicted molar refractivity (Wildman–Crippen MR) is 192 cm³/mol. The number of rotatable bonds is 6. The Morgan fingerprint density at radius 2 is 1.41 bits per heavy atom. The van der Waals surface area contributed by atoms with Crippen molar-refractivity contribution in [3.05, 3.63) is 126 Å². The minimum atomic E-state index is -3.33. The summed E-state index contributed by atoms with van der Waals surface area (Å²) in [6.45, 7) is 0.760. The zero-order valence-electron chi connectivity index (χ0n) is 27.4. The van der Waals surface area contributed by atoms with Gasteiger partial charge in [0.05, 0.1) is 5.69 Å². The van der Waals surface area contributed by atoms with E-state index in [0.29, 0.717) is 36.1 Å². The number of carbonyl (C=O) groups excluding carboxylic acids is 3. The van der Waals surface area contributed by atoms with Gasteiger partial charge in [0.2, 0.25) is 5.91 Å². The third kappa shape index (κ3) is 7.74. The third-order valence-corrected chi connectivity index (χ3v) is 9.19. The lowest BCUT2D eigenvalue weighted by Crippen LogP contribution is -2.44. The molecule has 2 aliphatic heterocycles. The van der Waals surface area contributed by atoms with Gasteiger partial charge in [0.1, 0.15) is 0 Å². The largest absolute Gasteiger partial charge is 0.339 e. The van der Waals surface area contributed by atoms with Crippen LogP contribution < -0.4 is 10.2 Å². The molecule has 1 saturated heterocycles. The minimum absolute atomic E-state index is 0. The molecule has 2 aliphatic rings. The summed E-state index contributed by atoms with van der Waals surface area (Å²) in [5.41, 5.74) is 3.09. The molecule has 0 bridgehead atoms. The molecule has 0 atom stereocenters. The molecule has 0 radical (unpaired) electrons. The molecule has 2 heterocycles. The molecule has 4 aromatic carbocycles. The summed E-state index contributed by atoms with van der Waals surface area (Å²) in [6, 6.07) is 30.2. The molecule has 0 aliphatic carbocycles. The zero-order chi connectivity index (χ0) is 33.8. The highest BCUT2D eigenvalue weighted by atomic mass is 35.5. The number of alkyl halides is 2. The fourth-order valence-electron chi connectivity index (χ4n) is 6.45. The summed E-state index contributed by atoms with van der Waals surface area (Å²) in [4.78, 5) is 45.5. The Balaban J connectivity index is 0.00000468. The first-order chi connectivity index (χ1) is 23.1. The smallest absolute Gasteiger partial charge is 0.275 e. The first kappa shape index (κ1) is 35.4. The van der Waals surface area contributed by atoms with Crippen LogP contribution in [0.15, 0.2) is 109 Å². The lowest BCUT2D eigenvalue weighted by Gasteiger charge is -2.35. The van der Waals surface area contributed by atoms with Crippen molar-refractivity contribution in [2.75, 3.05) is 43.9 Å². The molecular formula is C39H39ClF2N4O3. The summed E-state index contributed by atoms with van der Waals surface area (Å²) in [5, 5.41) is 2.90. The van der Waals surface area contributed by atoms with E-state index in [2.05, 4.69) is 10.2 Å². The molecule has 0 saturated carbocycles. The SMILES string of the molecule is CN(C)C1CCN(C(=O)/C=C2/c3ccccc3N(C(=O)c3ccc(NC(=O)c4ccccc4-c4ccccc4)cc3)CCC2(F)F)CC1.Cl. The monoisotopic (exact) mass is 684 g/mol. The van der Waals surface area contributed by atoms with Gasteiger partial charge in [-0.3, -0.25) is 14.4 Å². The summed E-state index contributed by atoms with van der Waals surface area (Å²) in [7, 11) is 4.00. The van der Waals surface area contributed by atoms with Crippen molar-refractivity contribution in [1.29, 1.82) is 0 Å². The highest BCUT2D eigenvalue weighted by Crippen LogP contribution is 2.43. The van der Waals surface area contributed by atoms with Crippen LogP contribution in [0.3, 0.4) is 0 Å². The number of halogens is 3. The number of fused-ring (bicyclic) bond motifs is 1. The maximum Gasteiger partial charge on any atom is 0.275 e. The average molecular weight is 685 g/mol. The molecule has 1 N–H and O–H groups in total. The van der Waals surface area contributed by atoms with Crippen LogP contribution in [0.2, 0.25) is 0 Å². The van der Waals surface area contributed by atoms with E-state index in [1.165, 1.54) is 11.0 Å². The topological polar surface area (TPSA) is 73.0 Å². The van der Waals surface area contributed by atoms with Gasteiger partial charge >= 0.3 is 0 Å². The number of anilines is 2. The molecule has 0 unspecified atom stereocenters. The Bertz CT molecular complexity index is 1840. The van der Waals surface area contributed by atoms with E-state index in [-0.39, 0.29) is 41.6 Å². The van der Waals surface area contributed by atoms with Gasteiger partial charge in [-0.15, -0.1) is 12.4 Å². The summed E-state index contributed by atoms with van der Waals surface area (Å²) in [6.07, 6.45) is 1.99. The number of carbonyl (C=O) groups is 3. The molecule has 7 nitrogen and oxygen atoms in total. The van der Waals surface area contributed by atoms with E-state index in [0.717, 1.165) is 30.0 Å². The number of nitrogens with zero attached hydrogens (tertiary/aromatic N) is 3. The second-order valence-electron chi connectivity index (χ2n) is 12.4. The van der Waals surface area contributed by atoms with Crippen LogP contribution in [-0.2, 0) is 4.79 Å². The number of allylic oxidation sites excluding steroid dienone is 1. The number of nitrogens with one attached hydrogen (secondary N) is 1. The fourth-order valence-corrected chi connectivity index (χ4v) is 6.45. The summed E-state index contributed by atoms with van der Waals surface area (Å²) >= 11 is 0. The van der Waals surface area contributed by atoms with Crippen molar-refractivity contribution in [3.63, 3.8) is 0 Å². The van der Waals surface area contributed by atoms with Crippen LogP contribution in [-0.4, -0.2) is 73.2 Å². The first-order valence-electron chi connectivity index (χ1n) is 16.1. The van der Waals surface area contributed by atoms with Gasteiger partial charge in [-0.1, -0.05) is 66.7 Å². The van der Waals surface area contributed by atoms with E-state index in [4.69, 9.17) is 0 Å². The van der Waals surface area contributed by atoms with Crippen molar-refractivity contribution in [2.45, 2.75) is 31.2 Å². The molecule has 1 fully saturated rings. The zero-order valence-corrected chi connectivity index (χ0v) is 28.3. The maximum atomic E-state index is 15.8. The maximum absolute atomic E-state index is 15.8. The van der Waals surface area contributed by atoms with Crippen molar-refractivity contribution < 1.29 is 23.2 Å². The Morgan fingerprint density at radius 1 is 0.796 bits per heavy atom. The lowest BCUT2D eigenvalue weighted by molar-refractivity contribution is -0.127. The van der Waals surface area contributed by atoms with Gasteiger partial charge in [0.25, 0.3) is 17.7 Å². The van der Waals surface area contributed by atoms with E-state index in [1.807, 2.05) is 56.6 Å². The van der Waals surface area contributed by atoms with Crippen molar-refractivity contribution in [2.24, 2.45) is 0 Å². The molecular weight excluding hydrogens is 646 g/mol. The van der Waals surface area contributed by atoms with E-state index >= 15 is 8.78 Å². The fraction of sp³-hybridized carbons (Fsp3) is 0.256. The number of amides is 3. The van der Waals surface area contributed by atoms with Gasteiger partial charge < -0.3 is 20.0 Å². The highest BCUT2D eigenvalue weighted by Gasteiger charge is 2.42. The first-order valence-corrected chi connectivity index (χ1v) is 16.1. The quantitative estimate of drug-likeness (QED) is 0.212.